The molecular formula is C25H31N3O6S. The molecule has 2 aromatic rings. The largest absolute Gasteiger partial charge is 0.497 e. The molecule has 2 saturated heterocycles. The molecule has 2 unspecified atom stereocenters. The number of nitrogens with one attached hydrogen (secondary N) is 1. The van der Waals surface area contributed by atoms with Crippen LogP contribution in [-0.4, -0.2) is 72.6 Å². The van der Waals surface area contributed by atoms with E-state index in [0.717, 1.165) is 5.56 Å². The van der Waals surface area contributed by atoms with Gasteiger partial charge in [-0.25, -0.2) is 13.2 Å². The third kappa shape index (κ3) is 4.78. The lowest BCUT2D eigenvalue weighted by Crippen LogP contribution is -2.63. The highest BCUT2D eigenvalue weighted by molar-refractivity contribution is 7.89. The molecule has 188 valence electrons. The van der Waals surface area contributed by atoms with Gasteiger partial charge in [0.2, 0.25) is 15.9 Å². The molecule has 4 rings (SSSR count). The first-order valence-corrected chi connectivity index (χ1v) is 13.2. The van der Waals surface area contributed by atoms with E-state index in [4.69, 9.17) is 4.74 Å². The number of carbonyl (C=O) groups is 2. The standard InChI is InChI=1S/C25H31N3O6S/c1-3-22(24(30)31)28-23(29)21(17-18-7-5-4-6-8-18)26-25(28)13-15-27(16-14-25)35(32,33)20-11-9-19(34-2)10-12-20/h4-12,21-22,26H,3,13-17H2,1-2H3,(H,30,31). The van der Waals surface area contributed by atoms with Crippen LogP contribution in [0.5, 0.6) is 5.75 Å². The minimum absolute atomic E-state index is 0.166. The molecule has 2 heterocycles. The third-order valence-electron chi connectivity index (χ3n) is 6.95. The lowest BCUT2D eigenvalue weighted by molar-refractivity contribution is -0.154. The SMILES string of the molecule is CCC(C(=O)O)N1C(=O)C(Cc2ccccc2)NC12CCN(S(=O)(=O)c1ccc(OC)cc1)CC2. The Hall–Kier alpha value is -2.95. The summed E-state index contributed by atoms with van der Waals surface area (Å²) in [4.78, 5) is 27.2. The number of amides is 1. The first kappa shape index (κ1) is 25.2. The van der Waals surface area contributed by atoms with Gasteiger partial charge >= 0.3 is 5.97 Å². The number of methoxy groups -OCH3 is 1. The Balaban J connectivity index is 1.58. The van der Waals surface area contributed by atoms with Gasteiger partial charge in [-0.05, 0) is 55.5 Å². The fraction of sp³-hybridized carbons (Fsp3) is 0.440. The lowest BCUT2D eigenvalue weighted by atomic mass is 9.95. The Morgan fingerprint density at radius 2 is 1.77 bits per heavy atom. The van der Waals surface area contributed by atoms with Crippen LogP contribution in [0.3, 0.4) is 0 Å². The number of aliphatic carboxylic acids is 1. The van der Waals surface area contributed by atoms with Crippen molar-refractivity contribution in [3.63, 3.8) is 0 Å². The first-order chi connectivity index (χ1) is 16.7. The molecule has 2 aliphatic rings. The second kappa shape index (κ2) is 9.96. The Bertz CT molecular complexity index is 1160. The Labute approximate surface area is 205 Å². The summed E-state index contributed by atoms with van der Waals surface area (Å²) in [5, 5.41) is 13.3. The number of nitrogens with zero attached hydrogens (tertiary/aromatic N) is 2. The Morgan fingerprint density at radius 3 is 2.31 bits per heavy atom. The van der Waals surface area contributed by atoms with Crippen molar-refractivity contribution in [3.05, 3.63) is 60.2 Å². The molecule has 9 nitrogen and oxygen atoms in total. The summed E-state index contributed by atoms with van der Waals surface area (Å²) in [6, 6.07) is 14.2. The molecule has 0 bridgehead atoms. The van der Waals surface area contributed by atoms with Crippen molar-refractivity contribution in [1.82, 2.24) is 14.5 Å². The van der Waals surface area contributed by atoms with Gasteiger partial charge < -0.3 is 14.7 Å². The van der Waals surface area contributed by atoms with Crippen LogP contribution in [0.25, 0.3) is 0 Å². The lowest BCUT2D eigenvalue weighted by Gasteiger charge is -2.46. The van der Waals surface area contributed by atoms with Gasteiger partial charge in [-0.1, -0.05) is 37.3 Å². The molecular weight excluding hydrogens is 470 g/mol. The van der Waals surface area contributed by atoms with Crippen LogP contribution in [0.4, 0.5) is 0 Å². The molecule has 2 aliphatic heterocycles. The zero-order valence-corrected chi connectivity index (χ0v) is 20.7. The number of rotatable bonds is 8. The van der Waals surface area contributed by atoms with E-state index in [9.17, 15) is 23.1 Å². The molecule has 2 fully saturated rings. The highest BCUT2D eigenvalue weighted by Gasteiger charge is 2.55. The first-order valence-electron chi connectivity index (χ1n) is 11.7. The van der Waals surface area contributed by atoms with Gasteiger partial charge in [0.05, 0.1) is 23.7 Å². The minimum atomic E-state index is -3.74. The highest BCUT2D eigenvalue weighted by atomic mass is 32.2. The number of sulfonamides is 1. The summed E-state index contributed by atoms with van der Waals surface area (Å²) >= 11 is 0. The van der Waals surface area contributed by atoms with Crippen LogP contribution in [0.15, 0.2) is 59.5 Å². The van der Waals surface area contributed by atoms with Crippen molar-refractivity contribution in [2.75, 3.05) is 20.2 Å². The van der Waals surface area contributed by atoms with Gasteiger partial charge in [-0.3, -0.25) is 10.1 Å². The van der Waals surface area contributed by atoms with Gasteiger partial charge in [0.25, 0.3) is 0 Å². The molecule has 2 N–H and O–H groups in total. The number of carbonyl (C=O) groups excluding carboxylic acids is 1. The van der Waals surface area contributed by atoms with E-state index < -0.39 is 33.7 Å². The molecule has 10 heteroatoms. The average molecular weight is 502 g/mol. The van der Waals surface area contributed by atoms with Crippen molar-refractivity contribution in [2.24, 2.45) is 0 Å². The van der Waals surface area contributed by atoms with Crippen LogP contribution in [0.2, 0.25) is 0 Å². The monoisotopic (exact) mass is 501 g/mol. The number of benzene rings is 2. The van der Waals surface area contributed by atoms with E-state index in [1.807, 2.05) is 30.3 Å². The molecule has 0 aromatic heterocycles. The molecule has 0 saturated carbocycles. The summed E-state index contributed by atoms with van der Waals surface area (Å²) in [6.07, 6.45) is 1.28. The number of carboxylic acids is 1. The smallest absolute Gasteiger partial charge is 0.326 e. The topological polar surface area (TPSA) is 116 Å². The normalized spacial score (nSPS) is 21.3. The van der Waals surface area contributed by atoms with Gasteiger partial charge in [-0.15, -0.1) is 0 Å². The van der Waals surface area contributed by atoms with Crippen molar-refractivity contribution < 1.29 is 27.9 Å². The number of hydrogen-bond donors (Lipinski definition) is 2. The van der Waals surface area contributed by atoms with Gasteiger partial charge in [0.15, 0.2) is 0 Å². The summed E-state index contributed by atoms with van der Waals surface area (Å²) in [6.45, 7) is 2.08. The van der Waals surface area contributed by atoms with Crippen LogP contribution < -0.4 is 10.1 Å². The maximum absolute atomic E-state index is 13.5. The molecule has 0 aliphatic carbocycles. The molecule has 35 heavy (non-hydrogen) atoms. The molecule has 1 amide bonds. The van der Waals surface area contributed by atoms with Crippen LogP contribution in [-0.2, 0) is 26.0 Å². The van der Waals surface area contributed by atoms with E-state index in [-0.39, 0.29) is 30.3 Å². The van der Waals surface area contributed by atoms with E-state index in [2.05, 4.69) is 5.32 Å². The number of carboxylic acid groups (broad SMARTS) is 1. The van der Waals surface area contributed by atoms with Crippen molar-refractivity contribution in [2.45, 2.75) is 55.2 Å². The van der Waals surface area contributed by atoms with E-state index in [1.54, 1.807) is 19.1 Å². The van der Waals surface area contributed by atoms with Gasteiger partial charge in [0.1, 0.15) is 11.8 Å². The van der Waals surface area contributed by atoms with E-state index in [0.29, 0.717) is 25.0 Å². The van der Waals surface area contributed by atoms with Gasteiger partial charge in [-0.2, -0.15) is 4.31 Å². The minimum Gasteiger partial charge on any atom is -0.497 e. The second-order valence-electron chi connectivity index (χ2n) is 8.97. The second-order valence-corrected chi connectivity index (χ2v) is 10.9. The third-order valence-corrected chi connectivity index (χ3v) is 8.87. The van der Waals surface area contributed by atoms with E-state index >= 15 is 0 Å². The van der Waals surface area contributed by atoms with Crippen molar-refractivity contribution in [1.29, 1.82) is 0 Å². The van der Waals surface area contributed by atoms with Gasteiger partial charge in [0, 0.05) is 13.1 Å². The molecule has 0 radical (unpaired) electrons. The fourth-order valence-electron chi connectivity index (χ4n) is 5.12. The van der Waals surface area contributed by atoms with Crippen LogP contribution in [0, 0.1) is 0 Å². The maximum Gasteiger partial charge on any atom is 0.326 e. The highest BCUT2D eigenvalue weighted by Crippen LogP contribution is 2.37. The molecule has 2 atom stereocenters. The summed E-state index contributed by atoms with van der Waals surface area (Å²) in [7, 11) is -2.22. The molecule has 2 aromatic carbocycles. The fourth-order valence-corrected chi connectivity index (χ4v) is 6.56. The van der Waals surface area contributed by atoms with E-state index in [1.165, 1.54) is 28.4 Å². The number of hydrogen-bond acceptors (Lipinski definition) is 6. The quantitative estimate of drug-likeness (QED) is 0.569. The number of piperidine rings is 1. The summed E-state index contributed by atoms with van der Waals surface area (Å²) in [5.74, 6) is -0.750. The average Bonchev–Trinajstić information content (AvgIpc) is 3.11. The van der Waals surface area contributed by atoms with Crippen LogP contribution >= 0.6 is 0 Å². The zero-order valence-electron chi connectivity index (χ0n) is 19.9. The summed E-state index contributed by atoms with van der Waals surface area (Å²) < 4.78 is 33.0. The maximum atomic E-state index is 13.5. The molecule has 1 spiro atoms. The Morgan fingerprint density at radius 1 is 1.14 bits per heavy atom. The van der Waals surface area contributed by atoms with Crippen LogP contribution in [0.1, 0.15) is 31.7 Å². The predicted octanol–water partition coefficient (Wildman–Crippen LogP) is 2.08. The predicted molar refractivity (Wildman–Crippen MR) is 129 cm³/mol. The Kier molecular flexibility index (Phi) is 7.16. The summed E-state index contributed by atoms with van der Waals surface area (Å²) in [5.41, 5.74) is 0.0554. The van der Waals surface area contributed by atoms with Crippen molar-refractivity contribution in [3.8, 4) is 5.75 Å². The van der Waals surface area contributed by atoms with Crippen molar-refractivity contribution >= 4 is 21.9 Å². The number of ether oxygens (including phenoxy) is 1. The zero-order chi connectivity index (χ0) is 25.2.